The fourth-order valence-electron chi connectivity index (χ4n) is 2.68. The summed E-state index contributed by atoms with van der Waals surface area (Å²) in [6.45, 7) is 1.57. The number of ether oxygens (including phenoxy) is 1. The first kappa shape index (κ1) is 17.8. The van der Waals surface area contributed by atoms with Crippen LogP contribution >= 0.6 is 0 Å². The number of nitriles is 1. The lowest BCUT2D eigenvalue weighted by molar-refractivity contribution is -0.385. The van der Waals surface area contributed by atoms with Crippen LogP contribution in [0.15, 0.2) is 66.7 Å². The van der Waals surface area contributed by atoms with Gasteiger partial charge in [-0.05, 0) is 48.4 Å². The fraction of sp³-hybridized carbons (Fsp3) is 0.0476. The summed E-state index contributed by atoms with van der Waals surface area (Å²) < 4.78 is 5.29. The Morgan fingerprint density at radius 2 is 1.59 bits per heavy atom. The predicted molar refractivity (Wildman–Crippen MR) is 99.4 cm³/mol. The molecule has 3 aromatic rings. The van der Waals surface area contributed by atoms with Gasteiger partial charge in [0, 0.05) is 5.56 Å². The average molecular weight is 358 g/mol. The summed E-state index contributed by atoms with van der Waals surface area (Å²) in [6.07, 6.45) is 0. The molecule has 0 aliphatic carbocycles. The summed E-state index contributed by atoms with van der Waals surface area (Å²) in [5.41, 5.74) is 2.43. The minimum absolute atomic E-state index is 0.0869. The third-order valence-corrected chi connectivity index (χ3v) is 4.05. The number of nitro groups is 1. The molecule has 3 rings (SSSR count). The van der Waals surface area contributed by atoms with E-state index < -0.39 is 10.9 Å². The van der Waals surface area contributed by atoms with Gasteiger partial charge in [0.05, 0.1) is 16.6 Å². The lowest BCUT2D eigenvalue weighted by Gasteiger charge is -2.07. The van der Waals surface area contributed by atoms with Gasteiger partial charge >= 0.3 is 5.97 Å². The Morgan fingerprint density at radius 1 is 1.00 bits per heavy atom. The highest BCUT2D eigenvalue weighted by Crippen LogP contribution is 2.26. The Morgan fingerprint density at radius 3 is 2.15 bits per heavy atom. The van der Waals surface area contributed by atoms with Crippen molar-refractivity contribution in [1.29, 1.82) is 5.26 Å². The van der Waals surface area contributed by atoms with Crippen molar-refractivity contribution < 1.29 is 14.5 Å². The van der Waals surface area contributed by atoms with Crippen LogP contribution in [-0.4, -0.2) is 10.9 Å². The van der Waals surface area contributed by atoms with Crippen LogP contribution in [0.3, 0.4) is 0 Å². The highest BCUT2D eigenvalue weighted by molar-refractivity contribution is 5.95. The molecule has 27 heavy (non-hydrogen) atoms. The highest BCUT2D eigenvalue weighted by atomic mass is 16.6. The minimum atomic E-state index is -0.781. The number of esters is 1. The van der Waals surface area contributed by atoms with Crippen LogP contribution in [-0.2, 0) is 0 Å². The second-order valence-corrected chi connectivity index (χ2v) is 5.83. The second kappa shape index (κ2) is 7.50. The summed E-state index contributed by atoms with van der Waals surface area (Å²) >= 11 is 0. The molecule has 6 heteroatoms. The fourth-order valence-corrected chi connectivity index (χ4v) is 2.68. The van der Waals surface area contributed by atoms with Crippen molar-refractivity contribution in [3.63, 3.8) is 0 Å². The van der Waals surface area contributed by atoms with E-state index in [9.17, 15) is 14.9 Å². The molecule has 0 aliphatic heterocycles. The molecule has 6 nitrogen and oxygen atoms in total. The van der Waals surface area contributed by atoms with E-state index in [2.05, 4.69) is 6.07 Å². The molecule has 0 radical (unpaired) electrons. The number of hydrogen-bond acceptors (Lipinski definition) is 5. The summed E-state index contributed by atoms with van der Waals surface area (Å²) in [7, 11) is 0. The Kier molecular flexibility index (Phi) is 4.95. The maximum absolute atomic E-state index is 12.4. The van der Waals surface area contributed by atoms with Crippen LogP contribution in [0.5, 0.6) is 5.75 Å². The third kappa shape index (κ3) is 3.83. The molecule has 0 saturated heterocycles. The largest absolute Gasteiger partial charge is 0.423 e. The monoisotopic (exact) mass is 358 g/mol. The number of benzene rings is 3. The van der Waals surface area contributed by atoms with E-state index in [4.69, 9.17) is 10.00 Å². The number of carbonyl (C=O) groups excluding carboxylic acids is 1. The van der Waals surface area contributed by atoms with E-state index in [0.29, 0.717) is 11.1 Å². The summed E-state index contributed by atoms with van der Waals surface area (Å²) in [6, 6.07) is 20.5. The first-order chi connectivity index (χ1) is 13.0. The summed E-state index contributed by atoms with van der Waals surface area (Å²) in [5.74, 6) is -0.496. The Labute approximate surface area is 155 Å². The number of hydrogen-bond donors (Lipinski definition) is 0. The van der Waals surface area contributed by atoms with E-state index in [1.807, 2.05) is 12.1 Å². The summed E-state index contributed by atoms with van der Waals surface area (Å²) in [5, 5.41) is 20.1. The maximum atomic E-state index is 12.4. The zero-order valence-electron chi connectivity index (χ0n) is 14.4. The molecule has 0 saturated carbocycles. The normalized spacial score (nSPS) is 10.1. The van der Waals surface area contributed by atoms with E-state index in [1.54, 1.807) is 55.5 Å². The highest BCUT2D eigenvalue weighted by Gasteiger charge is 2.23. The molecule has 0 heterocycles. The van der Waals surface area contributed by atoms with Crippen LogP contribution in [0.2, 0.25) is 0 Å². The smallest absolute Gasteiger partial charge is 0.350 e. The van der Waals surface area contributed by atoms with Gasteiger partial charge < -0.3 is 4.74 Å². The number of rotatable bonds is 4. The Balaban J connectivity index is 1.81. The standard InChI is InChI=1S/C21H14N2O4/c1-14-3-2-4-19(20(14)23(25)26)21(24)27-18-11-9-17(10-12-18)16-7-5-15(13-22)6-8-16/h2-12H,1H3. The number of carbonyl (C=O) groups is 1. The Hall–Kier alpha value is -3.98. The van der Waals surface area contributed by atoms with Gasteiger partial charge in [0.15, 0.2) is 0 Å². The molecule has 132 valence electrons. The van der Waals surface area contributed by atoms with Crippen molar-refractivity contribution >= 4 is 11.7 Å². The van der Waals surface area contributed by atoms with Gasteiger partial charge in [-0.3, -0.25) is 10.1 Å². The van der Waals surface area contributed by atoms with Crippen LogP contribution in [0.25, 0.3) is 11.1 Å². The van der Waals surface area contributed by atoms with Crippen molar-refractivity contribution in [3.8, 4) is 22.9 Å². The lowest BCUT2D eigenvalue weighted by atomic mass is 10.0. The second-order valence-electron chi connectivity index (χ2n) is 5.83. The van der Waals surface area contributed by atoms with Gasteiger partial charge in [-0.2, -0.15) is 5.26 Å². The average Bonchev–Trinajstić information content (AvgIpc) is 2.68. The number of para-hydroxylation sites is 1. The first-order valence-electron chi connectivity index (χ1n) is 8.06. The topological polar surface area (TPSA) is 93.2 Å². The van der Waals surface area contributed by atoms with Crippen molar-refractivity contribution in [3.05, 3.63) is 93.5 Å². The van der Waals surface area contributed by atoms with Crippen LogP contribution < -0.4 is 4.74 Å². The molecule has 0 N–H and O–H groups in total. The van der Waals surface area contributed by atoms with E-state index >= 15 is 0 Å². The molecular weight excluding hydrogens is 344 g/mol. The molecule has 0 aromatic heterocycles. The molecular formula is C21H14N2O4. The minimum Gasteiger partial charge on any atom is -0.423 e. The molecule has 3 aromatic carbocycles. The maximum Gasteiger partial charge on any atom is 0.350 e. The molecule has 0 amide bonds. The van der Waals surface area contributed by atoms with Gasteiger partial charge in [-0.25, -0.2) is 4.79 Å². The molecule has 0 aliphatic rings. The first-order valence-corrected chi connectivity index (χ1v) is 8.06. The predicted octanol–water partition coefficient (Wildman–Crippen LogP) is 4.66. The van der Waals surface area contributed by atoms with Gasteiger partial charge in [-0.15, -0.1) is 0 Å². The number of nitrogens with zero attached hydrogens (tertiary/aromatic N) is 2. The molecule has 0 unspecified atom stereocenters. The van der Waals surface area contributed by atoms with Crippen LogP contribution in [0.4, 0.5) is 5.69 Å². The van der Waals surface area contributed by atoms with Crippen molar-refractivity contribution in [2.24, 2.45) is 0 Å². The summed E-state index contributed by atoms with van der Waals surface area (Å²) in [4.78, 5) is 23.0. The van der Waals surface area contributed by atoms with Crippen molar-refractivity contribution in [2.75, 3.05) is 0 Å². The molecule has 0 spiro atoms. The Bertz CT molecular complexity index is 1050. The van der Waals surface area contributed by atoms with Crippen LogP contribution in [0, 0.1) is 28.4 Å². The van der Waals surface area contributed by atoms with E-state index in [0.717, 1.165) is 11.1 Å². The zero-order chi connectivity index (χ0) is 19.4. The van der Waals surface area contributed by atoms with Gasteiger partial charge in [0.25, 0.3) is 5.69 Å². The molecule has 0 fully saturated rings. The molecule has 0 bridgehead atoms. The zero-order valence-corrected chi connectivity index (χ0v) is 14.4. The number of aryl methyl sites for hydroxylation is 1. The van der Waals surface area contributed by atoms with Gasteiger partial charge in [-0.1, -0.05) is 36.4 Å². The quantitative estimate of drug-likeness (QED) is 0.293. The van der Waals surface area contributed by atoms with Crippen molar-refractivity contribution in [2.45, 2.75) is 6.92 Å². The third-order valence-electron chi connectivity index (χ3n) is 4.05. The van der Waals surface area contributed by atoms with Gasteiger partial charge in [0.1, 0.15) is 11.3 Å². The van der Waals surface area contributed by atoms with Crippen LogP contribution in [0.1, 0.15) is 21.5 Å². The number of nitro benzene ring substituents is 1. The molecule has 0 atom stereocenters. The van der Waals surface area contributed by atoms with Gasteiger partial charge in [0.2, 0.25) is 0 Å². The van der Waals surface area contributed by atoms with E-state index in [-0.39, 0.29) is 17.0 Å². The van der Waals surface area contributed by atoms with E-state index in [1.165, 1.54) is 6.07 Å². The van der Waals surface area contributed by atoms with Crippen molar-refractivity contribution in [1.82, 2.24) is 0 Å². The SMILES string of the molecule is Cc1cccc(C(=O)Oc2ccc(-c3ccc(C#N)cc3)cc2)c1[N+](=O)[O-]. The lowest BCUT2D eigenvalue weighted by Crippen LogP contribution is -2.11.